The quantitative estimate of drug-likeness (QED) is 0.463. The summed E-state index contributed by atoms with van der Waals surface area (Å²) in [4.78, 5) is 14.2. The third-order valence-corrected chi connectivity index (χ3v) is 5.04. The van der Waals surface area contributed by atoms with Gasteiger partial charge >= 0.3 is 0 Å². The van der Waals surface area contributed by atoms with E-state index in [1.165, 1.54) is 0 Å². The van der Waals surface area contributed by atoms with Crippen LogP contribution in [0.25, 0.3) is 0 Å². The van der Waals surface area contributed by atoms with E-state index in [1.54, 1.807) is 0 Å². The van der Waals surface area contributed by atoms with Crippen molar-refractivity contribution >= 4 is 28.8 Å². The highest BCUT2D eigenvalue weighted by molar-refractivity contribution is 7.17. The highest BCUT2D eigenvalue weighted by Crippen LogP contribution is 2.06. The van der Waals surface area contributed by atoms with Crippen LogP contribution in [-0.4, -0.2) is 34.8 Å². The first-order valence-electron chi connectivity index (χ1n) is 8.30. The van der Waals surface area contributed by atoms with Crippen molar-refractivity contribution in [1.29, 1.82) is 0 Å². The largest absolute Gasteiger partial charge is 0.373 e. The zero-order valence-electron chi connectivity index (χ0n) is 14.6. The first-order valence-corrected chi connectivity index (χ1v) is 8.30. The molecule has 25 heavy (non-hydrogen) atoms. The van der Waals surface area contributed by atoms with Crippen LogP contribution in [0.2, 0.25) is 0 Å². The highest BCUT2D eigenvalue weighted by Gasteiger charge is 2.41. The lowest BCUT2D eigenvalue weighted by Gasteiger charge is -2.39. The lowest BCUT2D eigenvalue weighted by Crippen LogP contribution is -2.80. The monoisotopic (exact) mass is 331 g/mol. The van der Waals surface area contributed by atoms with E-state index in [0.717, 1.165) is 22.6 Å². The van der Waals surface area contributed by atoms with Gasteiger partial charge in [0.2, 0.25) is 6.15 Å². The van der Waals surface area contributed by atoms with E-state index in [9.17, 15) is 0 Å². The second-order valence-electron chi connectivity index (χ2n) is 6.47. The maximum absolute atomic E-state index is 4.74. The summed E-state index contributed by atoms with van der Waals surface area (Å²) in [6.45, 7) is 0. The summed E-state index contributed by atoms with van der Waals surface area (Å²) in [6, 6.07) is 10.4. The summed E-state index contributed by atoms with van der Waals surface area (Å²) in [5.74, 6) is 0. The number of imidazole rings is 3. The normalized spacial score (nSPS) is 11.8. The summed E-state index contributed by atoms with van der Waals surface area (Å²) >= 11 is 0. The zero-order valence-corrected chi connectivity index (χ0v) is 14.6. The molecular formula is C18H20BN6-. The van der Waals surface area contributed by atoms with Crippen molar-refractivity contribution in [2.45, 2.75) is 0 Å². The topological polar surface area (TPSA) is 53.5 Å². The van der Waals surface area contributed by atoms with Gasteiger partial charge in [0.25, 0.3) is 0 Å². The molecule has 0 saturated heterocycles. The predicted molar refractivity (Wildman–Crippen MR) is 100 cm³/mol. The van der Waals surface area contributed by atoms with Gasteiger partial charge in [-0.05, 0) is 17.2 Å². The van der Waals surface area contributed by atoms with Crippen LogP contribution in [-0.2, 0) is 21.1 Å². The lowest BCUT2D eigenvalue weighted by molar-refractivity contribution is 0.915. The van der Waals surface area contributed by atoms with Crippen molar-refractivity contribution < 1.29 is 0 Å². The van der Waals surface area contributed by atoms with Crippen molar-refractivity contribution in [3.05, 3.63) is 67.5 Å². The SMILES string of the molecule is Cn1ccnc1[B-](c1ccccc1)(c1nccn1C)c1nccn1C. The third-order valence-electron chi connectivity index (χ3n) is 5.04. The number of hydrogen-bond acceptors (Lipinski definition) is 3. The van der Waals surface area contributed by atoms with E-state index in [1.807, 2.05) is 64.4 Å². The molecule has 4 aromatic rings. The van der Waals surface area contributed by atoms with E-state index >= 15 is 0 Å². The Morgan fingerprint density at radius 1 is 0.640 bits per heavy atom. The van der Waals surface area contributed by atoms with Crippen LogP contribution in [0.3, 0.4) is 0 Å². The number of rotatable bonds is 4. The molecule has 7 heteroatoms. The molecule has 0 bridgehead atoms. The molecular weight excluding hydrogens is 311 g/mol. The summed E-state index contributed by atoms with van der Waals surface area (Å²) < 4.78 is 6.20. The molecule has 0 N–H and O–H groups in total. The first kappa shape index (κ1) is 15.4. The van der Waals surface area contributed by atoms with Gasteiger partial charge < -0.3 is 13.7 Å². The minimum Gasteiger partial charge on any atom is -0.373 e. The highest BCUT2D eigenvalue weighted by atomic mass is 15.1. The maximum Gasteiger partial charge on any atom is 0.225 e. The number of hydrogen-bond donors (Lipinski definition) is 0. The van der Waals surface area contributed by atoms with Crippen molar-refractivity contribution in [3.63, 3.8) is 0 Å². The van der Waals surface area contributed by atoms with Crippen molar-refractivity contribution in [2.75, 3.05) is 0 Å². The second kappa shape index (κ2) is 5.77. The van der Waals surface area contributed by atoms with E-state index in [0.29, 0.717) is 0 Å². The molecule has 0 radical (unpaired) electrons. The van der Waals surface area contributed by atoms with E-state index in [4.69, 9.17) is 15.0 Å². The molecule has 0 amide bonds. The number of aryl methyl sites for hydroxylation is 3. The fraction of sp³-hybridized carbons (Fsp3) is 0.167. The Hall–Kier alpha value is -3.09. The molecule has 0 fully saturated rings. The first-order chi connectivity index (χ1) is 12.2. The van der Waals surface area contributed by atoms with Gasteiger partial charge in [-0.3, -0.25) is 15.0 Å². The molecule has 0 aliphatic rings. The molecule has 1 aromatic carbocycles. The van der Waals surface area contributed by atoms with Crippen LogP contribution in [0, 0.1) is 0 Å². The Morgan fingerprint density at radius 2 is 1.04 bits per heavy atom. The van der Waals surface area contributed by atoms with E-state index in [2.05, 4.69) is 38.0 Å². The summed E-state index contributed by atoms with van der Waals surface area (Å²) in [6.07, 6.45) is 9.80. The van der Waals surface area contributed by atoms with E-state index in [-0.39, 0.29) is 0 Å². The van der Waals surface area contributed by atoms with Gasteiger partial charge in [-0.15, -0.1) is 0 Å². The Balaban J connectivity index is 2.19. The van der Waals surface area contributed by atoms with Gasteiger partial charge in [-0.2, -0.15) is 5.46 Å². The summed E-state index contributed by atoms with van der Waals surface area (Å²) in [7, 11) is 6.06. The molecule has 0 aliphatic heterocycles. The molecule has 126 valence electrons. The number of benzene rings is 1. The molecule has 3 aromatic heterocycles. The van der Waals surface area contributed by atoms with Gasteiger partial charge in [-0.25, -0.2) is 0 Å². The van der Waals surface area contributed by atoms with Crippen molar-refractivity contribution in [3.8, 4) is 0 Å². The molecule has 0 atom stereocenters. The van der Waals surface area contributed by atoms with Crippen LogP contribution < -0.4 is 22.6 Å². The van der Waals surface area contributed by atoms with Gasteiger partial charge in [0.1, 0.15) is 0 Å². The lowest BCUT2D eigenvalue weighted by atomic mass is 9.19. The molecule has 6 nitrogen and oxygen atoms in total. The van der Waals surface area contributed by atoms with E-state index < -0.39 is 6.15 Å². The average molecular weight is 331 g/mol. The molecule has 0 aliphatic carbocycles. The van der Waals surface area contributed by atoms with Crippen LogP contribution >= 0.6 is 0 Å². The third kappa shape index (κ3) is 2.16. The zero-order chi connectivity index (χ0) is 17.4. The van der Waals surface area contributed by atoms with Crippen LogP contribution in [0.1, 0.15) is 0 Å². The minimum atomic E-state index is -1.62. The van der Waals surface area contributed by atoms with Crippen molar-refractivity contribution in [1.82, 2.24) is 28.7 Å². The molecule has 3 heterocycles. The molecule has 0 saturated carbocycles. The van der Waals surface area contributed by atoms with Crippen LogP contribution in [0.5, 0.6) is 0 Å². The maximum atomic E-state index is 4.74. The Bertz CT molecular complexity index is 899. The Morgan fingerprint density at radius 3 is 1.36 bits per heavy atom. The predicted octanol–water partition coefficient (Wildman–Crippen LogP) is -0.735. The summed E-state index contributed by atoms with van der Waals surface area (Å²) in [5, 5.41) is 0. The Labute approximate surface area is 146 Å². The molecule has 0 unspecified atom stereocenters. The van der Waals surface area contributed by atoms with Gasteiger partial charge in [0.05, 0.1) is 0 Å². The fourth-order valence-electron chi connectivity index (χ4n) is 3.92. The minimum absolute atomic E-state index is 0.940. The standard InChI is InChI=1S/C18H20BN6/c1-23-12-9-20-16(23)19(15-7-5-4-6-8-15,17-21-10-13-24(17)2)18-22-11-14-25(18)3/h4-14H,1-3H3/q-1. The van der Waals surface area contributed by atoms with Gasteiger partial charge in [0.15, 0.2) is 0 Å². The van der Waals surface area contributed by atoms with Gasteiger partial charge in [-0.1, -0.05) is 30.3 Å². The van der Waals surface area contributed by atoms with Crippen LogP contribution in [0.15, 0.2) is 67.5 Å². The van der Waals surface area contributed by atoms with Crippen LogP contribution in [0.4, 0.5) is 0 Å². The average Bonchev–Trinajstić information content (AvgIpc) is 3.34. The van der Waals surface area contributed by atoms with Gasteiger partial charge in [0, 0.05) is 58.3 Å². The summed E-state index contributed by atoms with van der Waals surface area (Å²) in [5.41, 5.74) is 3.96. The molecule has 0 spiro atoms. The molecule has 4 rings (SSSR count). The fourth-order valence-corrected chi connectivity index (χ4v) is 3.92. The number of nitrogens with zero attached hydrogens (tertiary/aromatic N) is 6. The Kier molecular flexibility index (Phi) is 3.56. The number of aromatic nitrogens is 6. The van der Waals surface area contributed by atoms with Crippen molar-refractivity contribution in [2.24, 2.45) is 21.1 Å². The second-order valence-corrected chi connectivity index (χ2v) is 6.47. The smallest absolute Gasteiger partial charge is 0.225 e.